The first kappa shape index (κ1) is 19.1. The zero-order valence-corrected chi connectivity index (χ0v) is 15.6. The fourth-order valence-corrected chi connectivity index (χ4v) is 3.71. The highest BCUT2D eigenvalue weighted by Gasteiger charge is 2.17. The summed E-state index contributed by atoms with van der Waals surface area (Å²) in [5.41, 5.74) is 6.87. The third kappa shape index (κ3) is 4.35. The van der Waals surface area contributed by atoms with E-state index in [1.807, 2.05) is 0 Å². The lowest BCUT2D eigenvalue weighted by Gasteiger charge is -2.10. The predicted octanol–water partition coefficient (Wildman–Crippen LogP) is 3.72. The van der Waals surface area contributed by atoms with E-state index < -0.39 is 6.43 Å². The molecule has 3 aromatic rings. The van der Waals surface area contributed by atoms with E-state index in [1.54, 1.807) is 22.8 Å². The topological polar surface area (TPSA) is 81.7 Å². The van der Waals surface area contributed by atoms with Crippen molar-refractivity contribution >= 4 is 51.9 Å². The molecular weight excluding hydrogens is 405 g/mol. The first-order chi connectivity index (χ1) is 12.5. The normalized spacial score (nSPS) is 11.6. The number of hydrogen-bond acceptors (Lipinski definition) is 6. The monoisotopic (exact) mass is 418 g/mol. The Balaban J connectivity index is 1.92. The quantitative estimate of drug-likeness (QED) is 0.569. The average Bonchev–Trinajstić information content (AvgIpc) is 2.93. The maximum atomic E-state index is 12.3. The Hall–Kier alpha value is -1.68. The highest BCUT2D eigenvalue weighted by molar-refractivity contribution is 7.99. The van der Waals surface area contributed by atoms with Crippen molar-refractivity contribution in [2.75, 3.05) is 18.8 Å². The summed E-state index contributed by atoms with van der Waals surface area (Å²) in [5, 5.41) is 4.27. The van der Waals surface area contributed by atoms with Gasteiger partial charge in [0.1, 0.15) is 6.33 Å². The van der Waals surface area contributed by atoms with Crippen LogP contribution < -0.4 is 11.1 Å². The summed E-state index contributed by atoms with van der Waals surface area (Å²) >= 11 is 13.5. The molecule has 0 fully saturated rings. The van der Waals surface area contributed by atoms with Crippen molar-refractivity contribution in [3.63, 3.8) is 0 Å². The van der Waals surface area contributed by atoms with Gasteiger partial charge in [0.05, 0.1) is 11.6 Å². The number of alkyl halides is 2. The summed E-state index contributed by atoms with van der Waals surface area (Å²) < 4.78 is 26.4. The predicted molar refractivity (Wildman–Crippen MR) is 99.2 cm³/mol. The van der Waals surface area contributed by atoms with Gasteiger partial charge in [-0.15, -0.1) is 0 Å². The van der Waals surface area contributed by atoms with E-state index in [-0.39, 0.29) is 12.4 Å². The van der Waals surface area contributed by atoms with Crippen molar-refractivity contribution < 1.29 is 8.78 Å². The van der Waals surface area contributed by atoms with Crippen LogP contribution in [0.1, 0.15) is 0 Å². The van der Waals surface area contributed by atoms with Crippen LogP contribution in [0.4, 0.5) is 14.6 Å². The third-order valence-corrected chi connectivity index (χ3v) is 5.16. The van der Waals surface area contributed by atoms with Gasteiger partial charge in [0.15, 0.2) is 22.1 Å². The van der Waals surface area contributed by atoms with Gasteiger partial charge >= 0.3 is 0 Å². The number of aromatic nitrogens is 4. The van der Waals surface area contributed by atoms with Crippen LogP contribution in [0, 0.1) is 0 Å². The van der Waals surface area contributed by atoms with E-state index >= 15 is 0 Å². The minimum atomic E-state index is -2.41. The number of nitrogen functional groups attached to an aromatic ring is 1. The Morgan fingerprint density at radius 2 is 2.08 bits per heavy atom. The molecule has 0 unspecified atom stereocenters. The lowest BCUT2D eigenvalue weighted by molar-refractivity contribution is 0.146. The highest BCUT2D eigenvalue weighted by Crippen LogP contribution is 2.36. The number of hydrogen-bond donors (Lipinski definition) is 2. The second-order valence-electron chi connectivity index (χ2n) is 5.25. The van der Waals surface area contributed by atoms with Crippen LogP contribution in [-0.4, -0.2) is 39.0 Å². The van der Waals surface area contributed by atoms with Gasteiger partial charge in [0.25, 0.3) is 6.43 Å². The number of benzene rings is 1. The molecule has 6 nitrogen and oxygen atoms in total. The molecule has 3 N–H and O–H groups in total. The molecule has 11 heteroatoms. The third-order valence-electron chi connectivity index (χ3n) is 3.43. The second-order valence-corrected chi connectivity index (χ2v) is 7.10. The smallest absolute Gasteiger partial charge is 0.250 e. The van der Waals surface area contributed by atoms with E-state index in [2.05, 4.69) is 20.3 Å². The number of nitrogens with one attached hydrogen (secondary N) is 1. The van der Waals surface area contributed by atoms with Crippen molar-refractivity contribution in [2.24, 2.45) is 0 Å². The molecule has 26 heavy (non-hydrogen) atoms. The van der Waals surface area contributed by atoms with Crippen molar-refractivity contribution in [1.82, 2.24) is 24.8 Å². The van der Waals surface area contributed by atoms with Crippen LogP contribution in [0.3, 0.4) is 0 Å². The second kappa shape index (κ2) is 8.34. The molecule has 0 atom stereocenters. The van der Waals surface area contributed by atoms with Gasteiger partial charge < -0.3 is 15.6 Å². The first-order valence-corrected chi connectivity index (χ1v) is 9.11. The van der Waals surface area contributed by atoms with Crippen LogP contribution in [0.25, 0.3) is 11.2 Å². The van der Waals surface area contributed by atoms with Gasteiger partial charge in [-0.3, -0.25) is 0 Å². The molecule has 0 aliphatic rings. The molecule has 0 aliphatic carbocycles. The molecule has 0 saturated carbocycles. The van der Waals surface area contributed by atoms with Gasteiger partial charge in [-0.2, -0.15) is 0 Å². The van der Waals surface area contributed by atoms with E-state index in [0.717, 1.165) is 4.90 Å². The van der Waals surface area contributed by atoms with Gasteiger partial charge in [-0.25, -0.2) is 23.7 Å². The van der Waals surface area contributed by atoms with Gasteiger partial charge in [-0.1, -0.05) is 35.0 Å². The van der Waals surface area contributed by atoms with Gasteiger partial charge in [0.2, 0.25) is 0 Å². The standard InChI is InChI=1S/C15H14Cl2F2N6S/c16-8-1-2-10(9(17)5-8)26-15-24-12-13(20)22-7-23-14(12)25(15)4-3-21-6-11(18)19/h1-2,5,7,11,21H,3-4,6H2,(H2,20,22,23). The van der Waals surface area contributed by atoms with Crippen molar-refractivity contribution in [3.8, 4) is 0 Å². The number of halogens is 4. The minimum absolute atomic E-state index is 0.248. The SMILES string of the molecule is Nc1ncnc2c1nc(Sc1ccc(Cl)cc1Cl)n2CCNCC(F)F. The number of rotatable bonds is 7. The molecule has 3 rings (SSSR count). The highest BCUT2D eigenvalue weighted by atomic mass is 35.5. The largest absolute Gasteiger partial charge is 0.382 e. The summed E-state index contributed by atoms with van der Waals surface area (Å²) in [4.78, 5) is 13.4. The van der Waals surface area contributed by atoms with Crippen molar-refractivity contribution in [2.45, 2.75) is 23.0 Å². The number of imidazole rings is 1. The molecule has 2 aromatic heterocycles. The van der Waals surface area contributed by atoms with Crippen LogP contribution >= 0.6 is 35.0 Å². The van der Waals surface area contributed by atoms with Gasteiger partial charge in [-0.05, 0) is 18.2 Å². The van der Waals surface area contributed by atoms with Gasteiger partial charge in [0, 0.05) is 23.0 Å². The fraction of sp³-hybridized carbons (Fsp3) is 0.267. The van der Waals surface area contributed by atoms with Crippen molar-refractivity contribution in [1.29, 1.82) is 0 Å². The summed E-state index contributed by atoms with van der Waals surface area (Å²) in [6, 6.07) is 5.14. The number of nitrogens with two attached hydrogens (primary N) is 1. The average molecular weight is 419 g/mol. The Morgan fingerprint density at radius 3 is 2.81 bits per heavy atom. The van der Waals surface area contributed by atoms with E-state index in [0.29, 0.717) is 39.5 Å². The minimum Gasteiger partial charge on any atom is -0.382 e. The van der Waals surface area contributed by atoms with E-state index in [1.165, 1.54) is 18.1 Å². The first-order valence-electron chi connectivity index (χ1n) is 7.54. The van der Waals surface area contributed by atoms with Crippen LogP contribution in [0.2, 0.25) is 10.0 Å². The van der Waals surface area contributed by atoms with Crippen LogP contribution in [-0.2, 0) is 6.54 Å². The van der Waals surface area contributed by atoms with E-state index in [9.17, 15) is 8.78 Å². The molecule has 138 valence electrons. The number of anilines is 1. The summed E-state index contributed by atoms with van der Waals surface area (Å²) in [5.74, 6) is 0.248. The lowest BCUT2D eigenvalue weighted by atomic mass is 10.4. The van der Waals surface area contributed by atoms with E-state index in [4.69, 9.17) is 28.9 Å². The zero-order valence-electron chi connectivity index (χ0n) is 13.3. The Bertz CT molecular complexity index is 921. The lowest BCUT2D eigenvalue weighted by Crippen LogP contribution is -2.25. The fourth-order valence-electron chi connectivity index (χ4n) is 2.27. The molecule has 0 spiro atoms. The Kier molecular flexibility index (Phi) is 6.13. The maximum absolute atomic E-state index is 12.3. The van der Waals surface area contributed by atoms with Crippen LogP contribution in [0.5, 0.6) is 0 Å². The summed E-state index contributed by atoms with van der Waals surface area (Å²) in [6.45, 7) is 0.323. The molecule has 1 aromatic carbocycles. The molecule has 0 amide bonds. The zero-order chi connectivity index (χ0) is 18.7. The van der Waals surface area contributed by atoms with Crippen molar-refractivity contribution in [3.05, 3.63) is 34.6 Å². The summed E-state index contributed by atoms with van der Waals surface area (Å²) in [7, 11) is 0. The molecular formula is C15H14Cl2F2N6S. The maximum Gasteiger partial charge on any atom is 0.250 e. The molecule has 2 heterocycles. The molecule has 0 saturated heterocycles. The summed E-state index contributed by atoms with van der Waals surface area (Å²) in [6.07, 6.45) is -1.07. The Morgan fingerprint density at radius 1 is 1.27 bits per heavy atom. The molecule has 0 aliphatic heterocycles. The molecule has 0 radical (unpaired) electrons. The van der Waals surface area contributed by atoms with Crippen LogP contribution in [0.15, 0.2) is 34.6 Å². The number of nitrogens with zero attached hydrogens (tertiary/aromatic N) is 4. The Labute approximate surface area is 162 Å². The number of fused-ring (bicyclic) bond motifs is 1. The molecule has 0 bridgehead atoms.